The highest BCUT2D eigenvalue weighted by Crippen LogP contribution is 2.29. The van der Waals surface area contributed by atoms with Gasteiger partial charge in [0.15, 0.2) is 11.5 Å². The molecule has 40 heavy (non-hydrogen) atoms. The molecule has 0 fully saturated rings. The molecule has 0 unspecified atom stereocenters. The maximum Gasteiger partial charge on any atom is 0.243 e. The first-order valence-electron chi connectivity index (χ1n) is 14.4. The number of ether oxygens (including phenoxy) is 2. The lowest BCUT2D eigenvalue weighted by molar-refractivity contribution is -0.141. The van der Waals surface area contributed by atoms with Crippen LogP contribution < -0.4 is 14.8 Å². The molecule has 6 heteroatoms. The van der Waals surface area contributed by atoms with Crippen LogP contribution in [0.4, 0.5) is 0 Å². The monoisotopic (exact) mass is 544 g/mol. The summed E-state index contributed by atoms with van der Waals surface area (Å²) in [6.07, 6.45) is 2.06. The number of amides is 2. The topological polar surface area (TPSA) is 67.9 Å². The minimum absolute atomic E-state index is 0.0162. The Morgan fingerprint density at radius 1 is 0.825 bits per heavy atom. The molecule has 0 saturated heterocycles. The molecule has 3 aromatic rings. The van der Waals surface area contributed by atoms with Gasteiger partial charge in [-0.1, -0.05) is 73.2 Å². The van der Waals surface area contributed by atoms with Gasteiger partial charge in [-0.15, -0.1) is 0 Å². The highest BCUT2D eigenvalue weighted by Gasteiger charge is 2.30. The summed E-state index contributed by atoms with van der Waals surface area (Å²) in [6.45, 7) is 11.4. The Bertz CT molecular complexity index is 1230. The molecule has 3 rings (SSSR count). The Morgan fingerprint density at radius 3 is 2.20 bits per heavy atom. The molecular weight excluding hydrogens is 500 g/mol. The molecule has 2 amide bonds. The van der Waals surface area contributed by atoms with E-state index in [0.29, 0.717) is 44.1 Å². The van der Waals surface area contributed by atoms with E-state index in [0.717, 1.165) is 28.7 Å². The van der Waals surface area contributed by atoms with Crippen molar-refractivity contribution >= 4 is 11.8 Å². The molecule has 0 saturated carbocycles. The zero-order valence-electron chi connectivity index (χ0n) is 24.6. The summed E-state index contributed by atoms with van der Waals surface area (Å²) < 4.78 is 11.5. The number of hydrogen-bond donors (Lipinski definition) is 1. The number of rotatable bonds is 15. The van der Waals surface area contributed by atoms with Crippen molar-refractivity contribution in [3.8, 4) is 11.5 Å². The van der Waals surface area contributed by atoms with Crippen LogP contribution in [0.3, 0.4) is 0 Å². The first-order valence-corrected chi connectivity index (χ1v) is 14.4. The number of nitrogens with one attached hydrogen (secondary N) is 1. The molecule has 214 valence electrons. The van der Waals surface area contributed by atoms with Crippen LogP contribution in [0.2, 0.25) is 0 Å². The third-order valence-electron chi connectivity index (χ3n) is 6.94. The van der Waals surface area contributed by atoms with E-state index in [1.54, 1.807) is 4.90 Å². The quantitative estimate of drug-likeness (QED) is 0.245. The molecule has 0 bridgehead atoms. The SMILES string of the molecule is CCOc1ccc(CCC(=O)N(Cc2cccc(C)c2)[C@H](Cc2ccccc2)C(=O)N[C@@H](C)CC)cc1OCC. The normalized spacial score (nSPS) is 12.3. The number of carbonyl (C=O) groups is 2. The van der Waals surface area contributed by atoms with Gasteiger partial charge in [-0.05, 0) is 69.4 Å². The second-order valence-corrected chi connectivity index (χ2v) is 10.2. The van der Waals surface area contributed by atoms with Gasteiger partial charge in [0.05, 0.1) is 13.2 Å². The van der Waals surface area contributed by atoms with Gasteiger partial charge in [0, 0.05) is 25.4 Å². The second-order valence-electron chi connectivity index (χ2n) is 10.2. The van der Waals surface area contributed by atoms with Gasteiger partial charge in [-0.3, -0.25) is 9.59 Å². The third kappa shape index (κ3) is 9.15. The summed E-state index contributed by atoms with van der Waals surface area (Å²) in [7, 11) is 0. The number of nitrogens with zero attached hydrogens (tertiary/aromatic N) is 1. The largest absolute Gasteiger partial charge is 0.490 e. The maximum atomic E-state index is 14.0. The summed E-state index contributed by atoms with van der Waals surface area (Å²) in [6, 6.07) is 23.2. The first kappa shape index (κ1) is 30.7. The fourth-order valence-corrected chi connectivity index (χ4v) is 4.65. The fraction of sp³-hybridized carbons (Fsp3) is 0.412. The van der Waals surface area contributed by atoms with Crippen LogP contribution >= 0.6 is 0 Å². The predicted molar refractivity (Wildman–Crippen MR) is 161 cm³/mol. The second kappa shape index (κ2) is 15.7. The summed E-state index contributed by atoms with van der Waals surface area (Å²) in [4.78, 5) is 29.4. The van der Waals surface area contributed by atoms with E-state index >= 15 is 0 Å². The minimum atomic E-state index is -0.635. The lowest BCUT2D eigenvalue weighted by Crippen LogP contribution is -2.52. The van der Waals surface area contributed by atoms with Crippen LogP contribution in [0, 0.1) is 6.92 Å². The van der Waals surface area contributed by atoms with Crippen molar-refractivity contribution in [3.63, 3.8) is 0 Å². The maximum absolute atomic E-state index is 14.0. The van der Waals surface area contributed by atoms with Crippen LogP contribution in [0.1, 0.15) is 62.8 Å². The first-order chi connectivity index (χ1) is 19.3. The molecular formula is C34H44N2O4. The zero-order valence-corrected chi connectivity index (χ0v) is 24.6. The number of aryl methyl sites for hydroxylation is 2. The molecule has 0 heterocycles. The van der Waals surface area contributed by atoms with Gasteiger partial charge in [0.2, 0.25) is 11.8 Å². The van der Waals surface area contributed by atoms with E-state index in [2.05, 4.69) is 11.4 Å². The summed E-state index contributed by atoms with van der Waals surface area (Å²) >= 11 is 0. The molecule has 0 aliphatic carbocycles. The van der Waals surface area contributed by atoms with Crippen LogP contribution in [-0.4, -0.2) is 42.0 Å². The number of benzene rings is 3. The Hall–Kier alpha value is -3.80. The summed E-state index contributed by atoms with van der Waals surface area (Å²) in [5, 5.41) is 3.13. The van der Waals surface area contributed by atoms with E-state index < -0.39 is 6.04 Å². The van der Waals surface area contributed by atoms with E-state index in [4.69, 9.17) is 9.47 Å². The van der Waals surface area contributed by atoms with Crippen molar-refractivity contribution in [2.45, 2.75) is 78.9 Å². The molecule has 0 aromatic heterocycles. The Morgan fingerprint density at radius 2 is 1.52 bits per heavy atom. The Labute approximate surface area is 239 Å². The van der Waals surface area contributed by atoms with Gasteiger partial charge in [-0.25, -0.2) is 0 Å². The van der Waals surface area contributed by atoms with Gasteiger partial charge in [0.25, 0.3) is 0 Å². The third-order valence-corrected chi connectivity index (χ3v) is 6.94. The number of carbonyl (C=O) groups excluding carboxylic acids is 2. The van der Waals surface area contributed by atoms with E-state index in [-0.39, 0.29) is 24.3 Å². The van der Waals surface area contributed by atoms with Gasteiger partial charge >= 0.3 is 0 Å². The van der Waals surface area contributed by atoms with Crippen molar-refractivity contribution in [2.24, 2.45) is 0 Å². The summed E-state index contributed by atoms with van der Waals surface area (Å²) in [5.41, 5.74) is 4.12. The highest BCUT2D eigenvalue weighted by atomic mass is 16.5. The predicted octanol–water partition coefficient (Wildman–Crippen LogP) is 6.28. The average molecular weight is 545 g/mol. The van der Waals surface area contributed by atoms with E-state index in [1.807, 2.05) is 101 Å². The fourth-order valence-electron chi connectivity index (χ4n) is 4.65. The van der Waals surface area contributed by atoms with Crippen molar-refractivity contribution in [2.75, 3.05) is 13.2 Å². The van der Waals surface area contributed by atoms with Gasteiger partial charge in [0.1, 0.15) is 6.04 Å². The Balaban J connectivity index is 1.91. The Kier molecular flexibility index (Phi) is 12.1. The van der Waals surface area contributed by atoms with E-state index in [9.17, 15) is 9.59 Å². The smallest absolute Gasteiger partial charge is 0.243 e. The van der Waals surface area contributed by atoms with Crippen LogP contribution in [0.15, 0.2) is 72.8 Å². The molecule has 3 aromatic carbocycles. The lowest BCUT2D eigenvalue weighted by atomic mass is 10.0. The van der Waals surface area contributed by atoms with E-state index in [1.165, 1.54) is 0 Å². The summed E-state index contributed by atoms with van der Waals surface area (Å²) in [5.74, 6) is 1.19. The minimum Gasteiger partial charge on any atom is -0.490 e. The molecule has 6 nitrogen and oxygen atoms in total. The molecule has 0 aliphatic heterocycles. The molecule has 0 radical (unpaired) electrons. The van der Waals surface area contributed by atoms with Gasteiger partial charge in [-0.2, -0.15) is 0 Å². The van der Waals surface area contributed by atoms with Gasteiger partial charge < -0.3 is 19.7 Å². The molecule has 2 atom stereocenters. The molecule has 1 N–H and O–H groups in total. The highest BCUT2D eigenvalue weighted by molar-refractivity contribution is 5.88. The molecule has 0 spiro atoms. The standard InChI is InChI=1S/C34H44N2O4/c1-6-26(5)35-34(38)30(22-27-14-10-9-11-15-27)36(24-29-16-12-13-25(4)21-29)33(37)20-18-28-17-19-31(39-7-2)32(23-28)40-8-3/h9-17,19,21,23,26,30H,6-8,18,20,22,24H2,1-5H3,(H,35,38)/t26-,30+/m0/s1. The van der Waals surface area contributed by atoms with Crippen molar-refractivity contribution < 1.29 is 19.1 Å². The van der Waals surface area contributed by atoms with Crippen LogP contribution in [0.5, 0.6) is 11.5 Å². The molecule has 0 aliphatic rings. The van der Waals surface area contributed by atoms with Crippen molar-refractivity contribution in [1.82, 2.24) is 10.2 Å². The van der Waals surface area contributed by atoms with Crippen molar-refractivity contribution in [1.29, 1.82) is 0 Å². The van der Waals surface area contributed by atoms with Crippen LogP contribution in [-0.2, 0) is 29.0 Å². The lowest BCUT2D eigenvalue weighted by Gasteiger charge is -2.32. The van der Waals surface area contributed by atoms with Crippen LogP contribution in [0.25, 0.3) is 0 Å². The average Bonchev–Trinajstić information content (AvgIpc) is 2.95. The number of hydrogen-bond acceptors (Lipinski definition) is 4. The van der Waals surface area contributed by atoms with Crippen molar-refractivity contribution in [3.05, 3.63) is 95.1 Å². The zero-order chi connectivity index (χ0) is 28.9.